The van der Waals surface area contributed by atoms with Crippen molar-refractivity contribution in [1.29, 1.82) is 0 Å². The molecule has 0 spiro atoms. The van der Waals surface area contributed by atoms with E-state index in [1.807, 2.05) is 12.1 Å². The van der Waals surface area contributed by atoms with Gasteiger partial charge in [0.05, 0.1) is 0 Å². The average molecular weight is 191 g/mol. The Kier molecular flexibility index (Phi) is 3.04. The zero-order chi connectivity index (χ0) is 10.8. The molecular weight excluding hydrogens is 174 g/mol. The fourth-order valence-electron chi connectivity index (χ4n) is 1.30. The zero-order valence-electron chi connectivity index (χ0n) is 9.29. The van der Waals surface area contributed by atoms with Gasteiger partial charge >= 0.3 is 0 Å². The maximum absolute atomic E-state index is 10.9. The van der Waals surface area contributed by atoms with Crippen molar-refractivity contribution >= 4 is 5.78 Å². The van der Waals surface area contributed by atoms with Crippen LogP contribution in [0.1, 0.15) is 39.0 Å². The molecule has 0 aliphatic rings. The lowest BCUT2D eigenvalue weighted by molar-refractivity contribution is -0.116. The van der Waals surface area contributed by atoms with E-state index in [1.54, 1.807) is 13.1 Å². The van der Waals surface area contributed by atoms with E-state index in [9.17, 15) is 4.79 Å². The van der Waals surface area contributed by atoms with Crippen LogP contribution in [0.2, 0.25) is 0 Å². The SMILES string of the molecule is CC(=O)Cc1cc(C(C)(C)C)ccn1. The molecule has 0 aliphatic heterocycles. The maximum Gasteiger partial charge on any atom is 0.135 e. The normalized spacial score (nSPS) is 11.4. The Morgan fingerprint density at radius 2 is 2.07 bits per heavy atom. The van der Waals surface area contributed by atoms with E-state index in [-0.39, 0.29) is 11.2 Å². The third kappa shape index (κ3) is 2.95. The highest BCUT2D eigenvalue weighted by atomic mass is 16.1. The molecule has 0 saturated carbocycles. The summed E-state index contributed by atoms with van der Waals surface area (Å²) in [6.07, 6.45) is 2.21. The molecule has 0 N–H and O–H groups in total. The van der Waals surface area contributed by atoms with Crippen LogP contribution in [-0.4, -0.2) is 10.8 Å². The van der Waals surface area contributed by atoms with Crippen LogP contribution in [0.5, 0.6) is 0 Å². The van der Waals surface area contributed by atoms with Crippen molar-refractivity contribution in [1.82, 2.24) is 4.98 Å². The van der Waals surface area contributed by atoms with Crippen LogP contribution in [-0.2, 0) is 16.6 Å². The van der Waals surface area contributed by atoms with Crippen LogP contribution in [0.25, 0.3) is 0 Å². The molecule has 0 saturated heterocycles. The molecule has 76 valence electrons. The van der Waals surface area contributed by atoms with E-state index in [1.165, 1.54) is 5.56 Å². The van der Waals surface area contributed by atoms with Crippen LogP contribution in [0.3, 0.4) is 0 Å². The van der Waals surface area contributed by atoms with Gasteiger partial charge in [0.1, 0.15) is 5.78 Å². The lowest BCUT2D eigenvalue weighted by Crippen LogP contribution is -2.12. The Labute approximate surface area is 85.4 Å². The number of nitrogens with zero attached hydrogens (tertiary/aromatic N) is 1. The standard InChI is InChI=1S/C12H17NO/c1-9(14)7-11-8-10(5-6-13-11)12(2,3)4/h5-6,8H,7H2,1-4H3. The first-order valence-corrected chi connectivity index (χ1v) is 4.84. The summed E-state index contributed by atoms with van der Waals surface area (Å²) >= 11 is 0. The Morgan fingerprint density at radius 3 is 2.57 bits per heavy atom. The van der Waals surface area contributed by atoms with Crippen molar-refractivity contribution in [2.75, 3.05) is 0 Å². The van der Waals surface area contributed by atoms with E-state index >= 15 is 0 Å². The highest BCUT2D eigenvalue weighted by Gasteiger charge is 2.14. The zero-order valence-corrected chi connectivity index (χ0v) is 9.29. The van der Waals surface area contributed by atoms with Gasteiger partial charge in [-0.1, -0.05) is 20.8 Å². The summed E-state index contributed by atoms with van der Waals surface area (Å²) in [6, 6.07) is 4.02. The monoisotopic (exact) mass is 191 g/mol. The maximum atomic E-state index is 10.9. The second-order valence-electron chi connectivity index (χ2n) is 4.66. The van der Waals surface area contributed by atoms with Crippen LogP contribution in [0.4, 0.5) is 0 Å². The molecule has 2 nitrogen and oxygen atoms in total. The molecule has 0 amide bonds. The second kappa shape index (κ2) is 3.91. The molecule has 1 aromatic heterocycles. The third-order valence-corrected chi connectivity index (χ3v) is 2.11. The molecule has 1 rings (SSSR count). The van der Waals surface area contributed by atoms with Gasteiger partial charge in [-0.25, -0.2) is 0 Å². The topological polar surface area (TPSA) is 30.0 Å². The molecule has 0 aromatic carbocycles. The number of ketones is 1. The van der Waals surface area contributed by atoms with E-state index in [2.05, 4.69) is 25.8 Å². The largest absolute Gasteiger partial charge is 0.300 e. The van der Waals surface area contributed by atoms with Crippen molar-refractivity contribution in [3.05, 3.63) is 29.6 Å². The number of hydrogen-bond acceptors (Lipinski definition) is 2. The third-order valence-electron chi connectivity index (χ3n) is 2.11. The summed E-state index contributed by atoms with van der Waals surface area (Å²) in [5.74, 6) is 0.156. The van der Waals surface area contributed by atoms with Crippen molar-refractivity contribution in [3.8, 4) is 0 Å². The first-order chi connectivity index (χ1) is 6.39. The van der Waals surface area contributed by atoms with Gasteiger partial charge in [-0.05, 0) is 30.0 Å². The summed E-state index contributed by atoms with van der Waals surface area (Å²) in [5, 5.41) is 0. The van der Waals surface area contributed by atoms with Crippen LogP contribution < -0.4 is 0 Å². The predicted octanol–water partition coefficient (Wildman–Crippen LogP) is 2.51. The summed E-state index contributed by atoms with van der Waals surface area (Å²) in [5.41, 5.74) is 2.21. The Hall–Kier alpha value is -1.18. The quantitative estimate of drug-likeness (QED) is 0.719. The van der Waals surface area contributed by atoms with Gasteiger partial charge in [0, 0.05) is 18.3 Å². The molecule has 1 aromatic rings. The summed E-state index contributed by atoms with van der Waals surface area (Å²) < 4.78 is 0. The fourth-order valence-corrected chi connectivity index (χ4v) is 1.30. The molecule has 0 aliphatic carbocycles. The van der Waals surface area contributed by atoms with Gasteiger partial charge in [0.25, 0.3) is 0 Å². The number of carbonyl (C=O) groups excluding carboxylic acids is 1. The Balaban J connectivity index is 2.95. The van der Waals surface area contributed by atoms with Crippen molar-refractivity contribution < 1.29 is 4.79 Å². The first kappa shape index (κ1) is 10.9. The van der Waals surface area contributed by atoms with Crippen LogP contribution >= 0.6 is 0 Å². The molecule has 14 heavy (non-hydrogen) atoms. The van der Waals surface area contributed by atoms with E-state index < -0.39 is 0 Å². The predicted molar refractivity (Wildman–Crippen MR) is 57.3 cm³/mol. The summed E-state index contributed by atoms with van der Waals surface area (Å²) in [4.78, 5) is 15.1. The highest BCUT2D eigenvalue weighted by molar-refractivity contribution is 5.77. The minimum atomic E-state index is 0.120. The minimum Gasteiger partial charge on any atom is -0.300 e. The number of Topliss-reactive ketones (excluding diaryl/α,β-unsaturated/α-hetero) is 1. The minimum absolute atomic E-state index is 0.120. The number of rotatable bonds is 2. The van der Waals surface area contributed by atoms with E-state index in [4.69, 9.17) is 0 Å². The molecule has 0 unspecified atom stereocenters. The number of aromatic nitrogens is 1. The number of pyridine rings is 1. The molecule has 0 fully saturated rings. The summed E-state index contributed by atoms with van der Waals surface area (Å²) in [7, 11) is 0. The Bertz CT molecular complexity index is 336. The van der Waals surface area contributed by atoms with Crippen molar-refractivity contribution in [2.24, 2.45) is 0 Å². The molecule has 0 radical (unpaired) electrons. The van der Waals surface area contributed by atoms with Crippen LogP contribution in [0, 0.1) is 0 Å². The molecule has 1 heterocycles. The van der Waals surface area contributed by atoms with Crippen molar-refractivity contribution in [3.63, 3.8) is 0 Å². The van der Waals surface area contributed by atoms with Crippen LogP contribution in [0.15, 0.2) is 18.3 Å². The smallest absolute Gasteiger partial charge is 0.135 e. The van der Waals surface area contributed by atoms with E-state index in [0.717, 1.165) is 5.69 Å². The lowest BCUT2D eigenvalue weighted by atomic mass is 9.87. The molecule has 0 bridgehead atoms. The lowest BCUT2D eigenvalue weighted by Gasteiger charge is -2.19. The highest BCUT2D eigenvalue weighted by Crippen LogP contribution is 2.21. The number of carbonyl (C=O) groups is 1. The molecule has 2 heteroatoms. The average Bonchev–Trinajstić information content (AvgIpc) is 2.01. The van der Waals surface area contributed by atoms with Gasteiger partial charge in [0.2, 0.25) is 0 Å². The van der Waals surface area contributed by atoms with E-state index in [0.29, 0.717) is 6.42 Å². The van der Waals surface area contributed by atoms with Gasteiger partial charge in [-0.15, -0.1) is 0 Å². The first-order valence-electron chi connectivity index (χ1n) is 4.84. The number of hydrogen-bond donors (Lipinski definition) is 0. The molecular formula is C12H17NO. The Morgan fingerprint density at radius 1 is 1.43 bits per heavy atom. The van der Waals surface area contributed by atoms with Gasteiger partial charge < -0.3 is 0 Å². The van der Waals surface area contributed by atoms with Gasteiger partial charge in [0.15, 0.2) is 0 Å². The summed E-state index contributed by atoms with van der Waals surface area (Å²) in [6.45, 7) is 8.05. The fraction of sp³-hybridized carbons (Fsp3) is 0.500. The van der Waals surface area contributed by atoms with Gasteiger partial charge in [-0.2, -0.15) is 0 Å². The van der Waals surface area contributed by atoms with Crippen molar-refractivity contribution in [2.45, 2.75) is 39.5 Å². The molecule has 0 atom stereocenters. The second-order valence-corrected chi connectivity index (χ2v) is 4.66. The van der Waals surface area contributed by atoms with Gasteiger partial charge in [-0.3, -0.25) is 9.78 Å².